The van der Waals surface area contributed by atoms with Gasteiger partial charge in [-0.05, 0) is 37.6 Å². The van der Waals surface area contributed by atoms with E-state index in [9.17, 15) is 4.39 Å². The predicted octanol–water partition coefficient (Wildman–Crippen LogP) is 4.24. The van der Waals surface area contributed by atoms with Crippen molar-refractivity contribution in [2.75, 3.05) is 7.05 Å². The van der Waals surface area contributed by atoms with E-state index >= 15 is 0 Å². The number of likely N-dealkylation sites (N-methyl/N-ethyl adjacent to an activating group) is 1. The third-order valence-corrected chi connectivity index (χ3v) is 4.03. The summed E-state index contributed by atoms with van der Waals surface area (Å²) in [4.78, 5) is 0. The Hall–Kier alpha value is -1.10. The lowest BCUT2D eigenvalue weighted by atomic mass is 10.0. The molecule has 1 atom stereocenters. The number of aryl methyl sites for hydroxylation is 1. The van der Waals surface area contributed by atoms with Gasteiger partial charge in [-0.25, -0.2) is 4.39 Å². The molecule has 114 valence electrons. The maximum atomic E-state index is 13.1. The van der Waals surface area contributed by atoms with Gasteiger partial charge in [0.2, 0.25) is 0 Å². The predicted molar refractivity (Wildman–Crippen MR) is 84.4 cm³/mol. The van der Waals surface area contributed by atoms with Crippen molar-refractivity contribution in [3.63, 3.8) is 0 Å². The van der Waals surface area contributed by atoms with Crippen molar-refractivity contribution in [3.05, 3.63) is 51.5 Å². The molecule has 0 bridgehead atoms. The van der Waals surface area contributed by atoms with Gasteiger partial charge in [0.05, 0.1) is 23.0 Å². The van der Waals surface area contributed by atoms with Crippen LogP contribution in [0.1, 0.15) is 30.6 Å². The second-order valence-corrected chi connectivity index (χ2v) is 5.70. The first-order chi connectivity index (χ1) is 10.1. The second-order valence-electron chi connectivity index (χ2n) is 4.88. The second kappa shape index (κ2) is 7.25. The van der Waals surface area contributed by atoms with E-state index < -0.39 is 0 Å². The number of rotatable bonds is 6. The van der Waals surface area contributed by atoms with Crippen LogP contribution in [-0.2, 0) is 13.0 Å². The fraction of sp³-hybridized carbons (Fsp3) is 0.400. The van der Waals surface area contributed by atoms with E-state index in [1.165, 1.54) is 12.1 Å². The number of hydrogen-bond acceptors (Lipinski definition) is 2. The van der Waals surface area contributed by atoms with Gasteiger partial charge >= 0.3 is 0 Å². The number of nitrogens with one attached hydrogen (secondary N) is 1. The highest BCUT2D eigenvalue weighted by Gasteiger charge is 2.20. The monoisotopic (exact) mass is 329 g/mol. The van der Waals surface area contributed by atoms with Crippen LogP contribution in [0.3, 0.4) is 0 Å². The third-order valence-electron chi connectivity index (χ3n) is 3.39. The quantitative estimate of drug-likeness (QED) is 0.858. The molecular weight excluding hydrogens is 312 g/mol. The van der Waals surface area contributed by atoms with Crippen LogP contribution in [-0.4, -0.2) is 16.8 Å². The van der Waals surface area contributed by atoms with Crippen LogP contribution in [0, 0.1) is 5.82 Å². The lowest BCUT2D eigenvalue weighted by Crippen LogP contribution is -2.23. The molecule has 0 spiro atoms. The first-order valence-electron chi connectivity index (χ1n) is 6.89. The molecule has 0 amide bonds. The molecule has 21 heavy (non-hydrogen) atoms. The maximum absolute atomic E-state index is 13.1. The molecule has 2 aromatic rings. The van der Waals surface area contributed by atoms with Crippen molar-refractivity contribution in [1.82, 2.24) is 15.1 Å². The Balaban J connectivity index is 2.29. The van der Waals surface area contributed by atoms with Crippen molar-refractivity contribution >= 4 is 23.2 Å². The summed E-state index contributed by atoms with van der Waals surface area (Å²) >= 11 is 12.4. The zero-order valence-electron chi connectivity index (χ0n) is 12.0. The Kier molecular flexibility index (Phi) is 5.62. The van der Waals surface area contributed by atoms with Crippen LogP contribution in [0.2, 0.25) is 10.0 Å². The van der Waals surface area contributed by atoms with Gasteiger partial charge in [0.25, 0.3) is 0 Å². The van der Waals surface area contributed by atoms with Crippen molar-refractivity contribution < 1.29 is 4.39 Å². The molecule has 6 heteroatoms. The van der Waals surface area contributed by atoms with Crippen molar-refractivity contribution in [1.29, 1.82) is 0 Å². The highest BCUT2D eigenvalue weighted by molar-refractivity contribution is 6.31. The summed E-state index contributed by atoms with van der Waals surface area (Å²) in [6.45, 7) is 2.89. The number of halogens is 3. The Morgan fingerprint density at radius 3 is 2.71 bits per heavy atom. The van der Waals surface area contributed by atoms with Gasteiger partial charge in [-0.3, -0.25) is 4.68 Å². The van der Waals surface area contributed by atoms with Gasteiger partial charge in [-0.1, -0.05) is 36.2 Å². The highest BCUT2D eigenvalue weighted by Crippen LogP contribution is 2.28. The molecule has 1 aromatic carbocycles. The van der Waals surface area contributed by atoms with Gasteiger partial charge in [0.1, 0.15) is 5.82 Å². The van der Waals surface area contributed by atoms with E-state index in [1.807, 2.05) is 11.7 Å². The van der Waals surface area contributed by atoms with Crippen molar-refractivity contribution in [2.24, 2.45) is 0 Å². The summed E-state index contributed by atoms with van der Waals surface area (Å²) in [6, 6.07) is 4.42. The molecule has 1 N–H and O–H groups in total. The number of benzene rings is 1. The normalized spacial score (nSPS) is 12.6. The Bertz CT molecular complexity index is 613. The molecule has 0 saturated carbocycles. The lowest BCUT2D eigenvalue weighted by molar-refractivity contribution is 0.496. The molecular formula is C15H18Cl2FN3. The fourth-order valence-corrected chi connectivity index (χ4v) is 2.87. The van der Waals surface area contributed by atoms with Crippen LogP contribution in [0.25, 0.3) is 0 Å². The van der Waals surface area contributed by atoms with Crippen LogP contribution in [0.5, 0.6) is 0 Å². The molecule has 0 aliphatic rings. The Labute approximate surface area is 134 Å². The fourth-order valence-electron chi connectivity index (χ4n) is 2.35. The Morgan fingerprint density at radius 2 is 2.10 bits per heavy atom. The maximum Gasteiger partial charge on any atom is 0.124 e. The van der Waals surface area contributed by atoms with E-state index in [4.69, 9.17) is 23.2 Å². The average molecular weight is 330 g/mol. The van der Waals surface area contributed by atoms with Gasteiger partial charge in [0.15, 0.2) is 0 Å². The summed E-state index contributed by atoms with van der Waals surface area (Å²) < 4.78 is 15.0. The zero-order chi connectivity index (χ0) is 15.4. The minimum absolute atomic E-state index is 0.0329. The van der Waals surface area contributed by atoms with Crippen LogP contribution in [0.4, 0.5) is 4.39 Å². The standard InChI is InChI=1S/C15H18Cl2FN3/c1-3-6-21-15(13(17)9-20-21)14(19-2)7-10-4-5-11(18)8-12(10)16/h4-5,8-9,14,19H,3,6-7H2,1-2H3. The SMILES string of the molecule is CCCn1ncc(Cl)c1C(Cc1ccc(F)cc1Cl)NC. The topological polar surface area (TPSA) is 29.9 Å². The largest absolute Gasteiger partial charge is 0.311 e. The van der Waals surface area contributed by atoms with Crippen molar-refractivity contribution in [2.45, 2.75) is 32.4 Å². The third kappa shape index (κ3) is 3.76. The minimum atomic E-state index is -0.334. The van der Waals surface area contributed by atoms with Crippen LogP contribution < -0.4 is 5.32 Å². The van der Waals surface area contributed by atoms with E-state index in [2.05, 4.69) is 17.3 Å². The van der Waals surface area contributed by atoms with Crippen LogP contribution >= 0.6 is 23.2 Å². The summed E-state index contributed by atoms with van der Waals surface area (Å²) in [5.41, 5.74) is 1.80. The summed E-state index contributed by atoms with van der Waals surface area (Å²) in [6.07, 6.45) is 3.24. The molecule has 0 fully saturated rings. The molecule has 3 nitrogen and oxygen atoms in total. The smallest absolute Gasteiger partial charge is 0.124 e. The van der Waals surface area contributed by atoms with Gasteiger partial charge < -0.3 is 5.32 Å². The molecule has 1 unspecified atom stereocenters. The molecule has 2 rings (SSSR count). The minimum Gasteiger partial charge on any atom is -0.311 e. The Morgan fingerprint density at radius 1 is 1.33 bits per heavy atom. The van der Waals surface area contributed by atoms with E-state index in [0.29, 0.717) is 16.5 Å². The molecule has 0 aliphatic heterocycles. The number of hydrogen-bond donors (Lipinski definition) is 1. The summed E-state index contributed by atoms with van der Waals surface area (Å²) in [5, 5.41) is 8.59. The van der Waals surface area contributed by atoms with Gasteiger partial charge in [-0.15, -0.1) is 0 Å². The number of nitrogens with zero attached hydrogens (tertiary/aromatic N) is 2. The lowest BCUT2D eigenvalue weighted by Gasteiger charge is -2.19. The first kappa shape index (κ1) is 16.3. The molecule has 0 aliphatic carbocycles. The van der Waals surface area contributed by atoms with Gasteiger partial charge in [0, 0.05) is 11.6 Å². The zero-order valence-corrected chi connectivity index (χ0v) is 13.5. The van der Waals surface area contributed by atoms with Gasteiger partial charge in [-0.2, -0.15) is 5.10 Å². The summed E-state index contributed by atoms with van der Waals surface area (Å²) in [5.74, 6) is -0.334. The summed E-state index contributed by atoms with van der Waals surface area (Å²) in [7, 11) is 1.86. The average Bonchev–Trinajstić information content (AvgIpc) is 2.80. The van der Waals surface area contributed by atoms with Crippen LogP contribution in [0.15, 0.2) is 24.4 Å². The molecule has 0 saturated heterocycles. The van der Waals surface area contributed by atoms with E-state index in [1.54, 1.807) is 12.3 Å². The molecule has 1 heterocycles. The molecule has 1 aromatic heterocycles. The highest BCUT2D eigenvalue weighted by atomic mass is 35.5. The van der Waals surface area contributed by atoms with Crippen molar-refractivity contribution in [3.8, 4) is 0 Å². The van der Waals surface area contributed by atoms with E-state index in [0.717, 1.165) is 24.2 Å². The number of aromatic nitrogens is 2. The van der Waals surface area contributed by atoms with E-state index in [-0.39, 0.29) is 11.9 Å². The first-order valence-corrected chi connectivity index (χ1v) is 7.64. The molecule has 0 radical (unpaired) electrons.